The molecule has 134 valence electrons. The van der Waals surface area contributed by atoms with Crippen molar-refractivity contribution < 1.29 is 4.39 Å². The minimum absolute atomic E-state index is 0.0177. The molecular formula is C19H11FN8. The number of nitrogens with zero attached hydrogens (tertiary/aromatic N) is 5. The zero-order chi connectivity index (χ0) is 20.4. The highest BCUT2D eigenvalue weighted by molar-refractivity contribution is 5.80. The van der Waals surface area contributed by atoms with Crippen LogP contribution < -0.4 is 16.8 Å². The number of nitriles is 4. The number of anilines is 3. The molecule has 0 spiro atoms. The molecule has 3 rings (SSSR count). The molecule has 0 saturated heterocycles. The van der Waals surface area contributed by atoms with E-state index in [9.17, 15) is 25.4 Å². The zero-order valence-electron chi connectivity index (χ0n) is 14.2. The lowest BCUT2D eigenvalue weighted by Crippen LogP contribution is -2.25. The van der Waals surface area contributed by atoms with Crippen molar-refractivity contribution in [1.82, 2.24) is 4.98 Å². The summed E-state index contributed by atoms with van der Waals surface area (Å²) in [5.41, 5.74) is 12.8. The maximum atomic E-state index is 13.4. The van der Waals surface area contributed by atoms with Crippen molar-refractivity contribution in [3.8, 4) is 24.3 Å². The molecule has 1 aromatic carbocycles. The fourth-order valence-electron chi connectivity index (χ4n) is 3.14. The Balaban J connectivity index is 2.40. The Kier molecular flexibility index (Phi) is 4.52. The predicted octanol–water partition coefficient (Wildman–Crippen LogP) is 2.26. The summed E-state index contributed by atoms with van der Waals surface area (Å²) in [5, 5.41) is 40.6. The second-order valence-corrected chi connectivity index (χ2v) is 5.90. The van der Waals surface area contributed by atoms with Gasteiger partial charge in [0.05, 0.1) is 41.1 Å². The minimum Gasteiger partial charge on any atom is -0.397 e. The number of allylic oxidation sites excluding steroid dienone is 2. The molecule has 1 atom stereocenters. The van der Waals surface area contributed by atoms with Crippen LogP contribution in [0.15, 0.2) is 35.5 Å². The number of nitrogen functional groups attached to an aromatic ring is 2. The highest BCUT2D eigenvalue weighted by Gasteiger charge is 2.36. The van der Waals surface area contributed by atoms with Crippen LogP contribution in [0.1, 0.15) is 22.6 Å². The summed E-state index contributed by atoms with van der Waals surface area (Å²) in [4.78, 5) is 4.14. The van der Waals surface area contributed by atoms with Gasteiger partial charge in [0.15, 0.2) is 5.92 Å². The Morgan fingerprint density at radius 1 is 1.04 bits per heavy atom. The van der Waals surface area contributed by atoms with Crippen molar-refractivity contribution in [2.75, 3.05) is 16.8 Å². The summed E-state index contributed by atoms with van der Waals surface area (Å²) < 4.78 is 13.4. The van der Waals surface area contributed by atoms with Crippen molar-refractivity contribution in [2.45, 2.75) is 5.92 Å². The molecule has 1 aromatic heterocycles. The first-order valence-electron chi connectivity index (χ1n) is 7.91. The standard InChI is InChI=1S/C19H11FN8/c20-11-3-1-9(2-4-11)14-12(7-23)17(10(5-21)6-22)27-19-15(14)16(25)13(8-24)18(26)28-19/h1-4,10,14H,(H5,25,26,27,28). The Morgan fingerprint density at radius 3 is 2.21 bits per heavy atom. The van der Waals surface area contributed by atoms with Crippen LogP contribution in [0.3, 0.4) is 0 Å². The van der Waals surface area contributed by atoms with Gasteiger partial charge in [-0.2, -0.15) is 21.0 Å². The third-order valence-electron chi connectivity index (χ3n) is 4.41. The molecule has 1 aliphatic rings. The third-order valence-corrected chi connectivity index (χ3v) is 4.41. The summed E-state index contributed by atoms with van der Waals surface area (Å²) in [6.45, 7) is 0. The minimum atomic E-state index is -1.27. The molecule has 0 saturated carbocycles. The Hall–Kier alpha value is -4.60. The van der Waals surface area contributed by atoms with Crippen LogP contribution in [0.2, 0.25) is 0 Å². The lowest BCUT2D eigenvalue weighted by atomic mass is 9.79. The maximum Gasteiger partial charge on any atom is 0.173 e. The summed E-state index contributed by atoms with van der Waals surface area (Å²) in [5.74, 6) is -2.61. The molecule has 5 N–H and O–H groups in total. The number of fused-ring (bicyclic) bond motifs is 1. The average Bonchev–Trinajstić information content (AvgIpc) is 2.69. The van der Waals surface area contributed by atoms with E-state index in [0.29, 0.717) is 11.1 Å². The SMILES string of the molecule is N#CC1=C(C(C#N)C#N)Nc2nc(N)c(C#N)c(N)c2C1c1ccc(F)cc1. The molecule has 0 amide bonds. The van der Waals surface area contributed by atoms with Gasteiger partial charge in [0.25, 0.3) is 0 Å². The average molecular weight is 370 g/mol. The number of hydrogen-bond acceptors (Lipinski definition) is 8. The molecule has 0 aliphatic carbocycles. The quantitative estimate of drug-likeness (QED) is 0.721. The highest BCUT2D eigenvalue weighted by atomic mass is 19.1. The van der Waals surface area contributed by atoms with Crippen LogP contribution in [0, 0.1) is 57.1 Å². The van der Waals surface area contributed by atoms with Gasteiger partial charge in [-0.05, 0) is 17.7 Å². The lowest BCUT2D eigenvalue weighted by molar-refractivity contribution is 0.626. The topological polar surface area (TPSA) is 172 Å². The molecule has 28 heavy (non-hydrogen) atoms. The second kappa shape index (κ2) is 6.96. The molecule has 1 unspecified atom stereocenters. The van der Waals surface area contributed by atoms with Gasteiger partial charge in [0, 0.05) is 5.56 Å². The van der Waals surface area contributed by atoms with Gasteiger partial charge in [-0.15, -0.1) is 0 Å². The van der Waals surface area contributed by atoms with Crippen LogP contribution in [-0.2, 0) is 0 Å². The van der Waals surface area contributed by atoms with E-state index in [2.05, 4.69) is 10.3 Å². The van der Waals surface area contributed by atoms with Crippen molar-refractivity contribution in [2.24, 2.45) is 5.92 Å². The van der Waals surface area contributed by atoms with Gasteiger partial charge < -0.3 is 16.8 Å². The molecule has 8 nitrogen and oxygen atoms in total. The number of aromatic nitrogens is 1. The molecule has 2 heterocycles. The van der Waals surface area contributed by atoms with Gasteiger partial charge in [-0.1, -0.05) is 12.1 Å². The lowest BCUT2D eigenvalue weighted by Gasteiger charge is -2.30. The van der Waals surface area contributed by atoms with Gasteiger partial charge in [-0.25, -0.2) is 9.37 Å². The van der Waals surface area contributed by atoms with Gasteiger partial charge in [0.1, 0.15) is 29.1 Å². The van der Waals surface area contributed by atoms with E-state index in [1.807, 2.05) is 24.3 Å². The summed E-state index contributed by atoms with van der Waals surface area (Å²) >= 11 is 0. The van der Waals surface area contributed by atoms with Crippen LogP contribution in [0.5, 0.6) is 0 Å². The molecule has 0 bridgehead atoms. The van der Waals surface area contributed by atoms with Crippen molar-refractivity contribution >= 4 is 17.3 Å². The predicted molar refractivity (Wildman–Crippen MR) is 97.0 cm³/mol. The number of rotatable bonds is 2. The normalized spacial score (nSPS) is 14.9. The molecule has 9 heteroatoms. The van der Waals surface area contributed by atoms with E-state index in [0.717, 1.165) is 0 Å². The molecule has 1 aliphatic heterocycles. The largest absolute Gasteiger partial charge is 0.397 e. The molecule has 0 radical (unpaired) electrons. The number of nitrogens with two attached hydrogens (primary N) is 2. The van der Waals surface area contributed by atoms with E-state index in [-0.39, 0.29) is 34.2 Å². The first kappa shape index (κ1) is 18.2. The number of halogens is 1. The van der Waals surface area contributed by atoms with E-state index in [4.69, 9.17) is 11.5 Å². The Bertz CT molecular complexity index is 1160. The number of nitrogens with one attached hydrogen (secondary N) is 1. The number of hydrogen-bond donors (Lipinski definition) is 3. The first-order chi connectivity index (χ1) is 13.5. The van der Waals surface area contributed by atoms with E-state index >= 15 is 0 Å². The van der Waals surface area contributed by atoms with Crippen molar-refractivity contribution in [3.63, 3.8) is 0 Å². The fourth-order valence-corrected chi connectivity index (χ4v) is 3.14. The van der Waals surface area contributed by atoms with Crippen LogP contribution >= 0.6 is 0 Å². The molecule has 0 fully saturated rings. The van der Waals surface area contributed by atoms with E-state index in [1.165, 1.54) is 24.3 Å². The van der Waals surface area contributed by atoms with Gasteiger partial charge in [0.2, 0.25) is 0 Å². The second-order valence-electron chi connectivity index (χ2n) is 5.90. The van der Waals surface area contributed by atoms with Crippen LogP contribution in [-0.4, -0.2) is 4.98 Å². The van der Waals surface area contributed by atoms with Crippen molar-refractivity contribution in [1.29, 1.82) is 21.0 Å². The summed E-state index contributed by atoms with van der Waals surface area (Å²) in [6.07, 6.45) is 0. The summed E-state index contributed by atoms with van der Waals surface area (Å²) in [6, 6.07) is 12.9. The van der Waals surface area contributed by atoms with Crippen LogP contribution in [0.4, 0.5) is 21.7 Å². The molecule has 2 aromatic rings. The van der Waals surface area contributed by atoms with Crippen molar-refractivity contribution in [3.05, 3.63) is 58.0 Å². The smallest absolute Gasteiger partial charge is 0.173 e. The number of pyridine rings is 1. The maximum absolute atomic E-state index is 13.4. The zero-order valence-corrected chi connectivity index (χ0v) is 14.2. The summed E-state index contributed by atoms with van der Waals surface area (Å²) in [7, 11) is 0. The Labute approximate surface area is 159 Å². The fraction of sp³-hybridized carbons (Fsp3) is 0.105. The highest BCUT2D eigenvalue weighted by Crippen LogP contribution is 2.46. The van der Waals surface area contributed by atoms with E-state index < -0.39 is 17.7 Å². The van der Waals surface area contributed by atoms with Gasteiger partial charge >= 0.3 is 0 Å². The first-order valence-corrected chi connectivity index (χ1v) is 7.91. The monoisotopic (exact) mass is 370 g/mol. The van der Waals surface area contributed by atoms with E-state index in [1.54, 1.807) is 0 Å². The Morgan fingerprint density at radius 2 is 1.68 bits per heavy atom. The van der Waals surface area contributed by atoms with Crippen LogP contribution in [0.25, 0.3) is 0 Å². The molecular weight excluding hydrogens is 359 g/mol. The third kappa shape index (κ3) is 2.70. The van der Waals surface area contributed by atoms with Gasteiger partial charge in [-0.3, -0.25) is 0 Å². The number of benzene rings is 1.